The Balaban J connectivity index is 1.97. The molecule has 1 heterocycles. The van der Waals surface area contributed by atoms with Crippen molar-refractivity contribution >= 4 is 22.7 Å². The number of hydrogen-bond donors (Lipinski definition) is 0. The first-order valence-electron chi connectivity index (χ1n) is 7.73. The number of hydrogen-bond acceptors (Lipinski definition) is 4. The summed E-state index contributed by atoms with van der Waals surface area (Å²) in [6.45, 7) is 3.98. The van der Waals surface area contributed by atoms with Crippen LogP contribution in [0.15, 0.2) is 58.5 Å². The zero-order chi connectivity index (χ0) is 17.1. The highest BCUT2D eigenvalue weighted by Crippen LogP contribution is 2.24. The third-order valence-electron chi connectivity index (χ3n) is 3.74. The van der Waals surface area contributed by atoms with Gasteiger partial charge in [0, 0.05) is 11.8 Å². The lowest BCUT2D eigenvalue weighted by Gasteiger charge is -2.16. The molecule has 0 aliphatic rings. The second kappa shape index (κ2) is 6.90. The molecule has 0 unspecified atom stereocenters. The van der Waals surface area contributed by atoms with Crippen molar-refractivity contribution in [1.29, 1.82) is 5.26 Å². The van der Waals surface area contributed by atoms with Gasteiger partial charge in [-0.15, -0.1) is 0 Å². The molecule has 120 valence electrons. The summed E-state index contributed by atoms with van der Waals surface area (Å²) in [5.41, 5.74) is 2.46. The van der Waals surface area contributed by atoms with Crippen molar-refractivity contribution in [3.63, 3.8) is 0 Å². The number of aromatic nitrogens is 2. The highest BCUT2D eigenvalue weighted by atomic mass is 32.2. The van der Waals surface area contributed by atoms with Gasteiger partial charge in [-0.25, -0.2) is 4.98 Å². The lowest BCUT2D eigenvalue weighted by Crippen LogP contribution is -2.25. The SMILES string of the molecule is CC(C)n1c(SCc2ccc(C#N)cc2)nc2ccccc2c1=O. The van der Waals surface area contributed by atoms with Crippen LogP contribution in [0.4, 0.5) is 0 Å². The van der Waals surface area contributed by atoms with Gasteiger partial charge in [0.25, 0.3) is 5.56 Å². The standard InChI is InChI=1S/C19H17N3OS/c1-13(2)22-18(23)16-5-3-4-6-17(16)21-19(22)24-12-15-9-7-14(11-20)8-10-15/h3-10,13H,12H2,1-2H3. The first kappa shape index (κ1) is 16.3. The van der Waals surface area contributed by atoms with Crippen molar-refractivity contribution in [3.8, 4) is 6.07 Å². The average Bonchev–Trinajstić information content (AvgIpc) is 2.60. The van der Waals surface area contributed by atoms with E-state index in [0.717, 1.165) is 16.2 Å². The summed E-state index contributed by atoms with van der Waals surface area (Å²) >= 11 is 1.54. The summed E-state index contributed by atoms with van der Waals surface area (Å²) in [5.74, 6) is 0.698. The van der Waals surface area contributed by atoms with Crippen LogP contribution in [-0.2, 0) is 5.75 Å². The van der Waals surface area contributed by atoms with E-state index < -0.39 is 0 Å². The molecule has 3 rings (SSSR count). The molecule has 0 aliphatic heterocycles. The number of nitriles is 1. The van der Waals surface area contributed by atoms with Gasteiger partial charge in [-0.05, 0) is 43.7 Å². The van der Waals surface area contributed by atoms with Crippen LogP contribution < -0.4 is 5.56 Å². The van der Waals surface area contributed by atoms with E-state index in [1.54, 1.807) is 16.7 Å². The molecule has 3 aromatic rings. The molecule has 0 saturated heterocycles. The van der Waals surface area contributed by atoms with Crippen LogP contribution in [0.25, 0.3) is 10.9 Å². The van der Waals surface area contributed by atoms with Crippen LogP contribution in [0, 0.1) is 11.3 Å². The second-order valence-corrected chi connectivity index (χ2v) is 6.72. The molecule has 0 spiro atoms. The molecule has 24 heavy (non-hydrogen) atoms. The first-order valence-corrected chi connectivity index (χ1v) is 8.72. The fourth-order valence-corrected chi connectivity index (χ4v) is 3.59. The van der Waals surface area contributed by atoms with Crippen LogP contribution >= 0.6 is 11.8 Å². The fourth-order valence-electron chi connectivity index (χ4n) is 2.51. The van der Waals surface area contributed by atoms with Crippen LogP contribution in [-0.4, -0.2) is 9.55 Å². The Bertz CT molecular complexity index is 969. The van der Waals surface area contributed by atoms with E-state index >= 15 is 0 Å². The summed E-state index contributed by atoms with van der Waals surface area (Å²) in [4.78, 5) is 17.4. The molecule has 4 nitrogen and oxygen atoms in total. The molecule has 0 radical (unpaired) electrons. The van der Waals surface area contributed by atoms with Gasteiger partial charge in [0.1, 0.15) is 0 Å². The summed E-state index contributed by atoms with van der Waals surface area (Å²) in [6, 6.07) is 17.1. The third kappa shape index (κ3) is 3.19. The quantitative estimate of drug-likeness (QED) is 0.531. The largest absolute Gasteiger partial charge is 0.285 e. The zero-order valence-corrected chi connectivity index (χ0v) is 14.4. The summed E-state index contributed by atoms with van der Waals surface area (Å²) < 4.78 is 1.75. The Morgan fingerprint density at radius 3 is 2.54 bits per heavy atom. The van der Waals surface area contributed by atoms with E-state index in [4.69, 9.17) is 5.26 Å². The fraction of sp³-hybridized carbons (Fsp3) is 0.211. The highest BCUT2D eigenvalue weighted by Gasteiger charge is 2.13. The lowest BCUT2D eigenvalue weighted by molar-refractivity contribution is 0.519. The van der Waals surface area contributed by atoms with Gasteiger partial charge in [-0.3, -0.25) is 9.36 Å². The molecule has 0 N–H and O–H groups in total. The number of nitrogens with zero attached hydrogens (tertiary/aromatic N) is 3. The van der Waals surface area contributed by atoms with Gasteiger partial charge in [0.05, 0.1) is 22.5 Å². The number of para-hydroxylation sites is 1. The maximum atomic E-state index is 12.8. The molecule has 0 atom stereocenters. The summed E-state index contributed by atoms with van der Waals surface area (Å²) in [6.07, 6.45) is 0. The number of benzene rings is 2. The Hall–Kier alpha value is -2.58. The maximum Gasteiger partial charge on any atom is 0.262 e. The highest BCUT2D eigenvalue weighted by molar-refractivity contribution is 7.98. The van der Waals surface area contributed by atoms with E-state index in [1.807, 2.05) is 50.2 Å². The van der Waals surface area contributed by atoms with Gasteiger partial charge in [-0.1, -0.05) is 36.0 Å². The lowest BCUT2D eigenvalue weighted by atomic mass is 10.2. The topological polar surface area (TPSA) is 58.7 Å². The monoisotopic (exact) mass is 335 g/mol. The molecule has 0 saturated carbocycles. The van der Waals surface area contributed by atoms with Gasteiger partial charge in [0.15, 0.2) is 5.16 Å². The van der Waals surface area contributed by atoms with Crippen molar-refractivity contribution in [1.82, 2.24) is 9.55 Å². The Kier molecular flexibility index (Phi) is 4.68. The number of rotatable bonds is 4. The van der Waals surface area contributed by atoms with Gasteiger partial charge in [0.2, 0.25) is 0 Å². The molecule has 2 aromatic carbocycles. The zero-order valence-electron chi connectivity index (χ0n) is 13.6. The van der Waals surface area contributed by atoms with Crippen molar-refractivity contribution in [2.24, 2.45) is 0 Å². The molecule has 0 amide bonds. The van der Waals surface area contributed by atoms with E-state index in [9.17, 15) is 4.79 Å². The normalized spacial score (nSPS) is 10.9. The van der Waals surface area contributed by atoms with E-state index in [-0.39, 0.29) is 11.6 Å². The smallest absolute Gasteiger partial charge is 0.262 e. The van der Waals surface area contributed by atoms with Crippen LogP contribution in [0.5, 0.6) is 0 Å². The molecule has 0 aliphatic carbocycles. The average molecular weight is 335 g/mol. The van der Waals surface area contributed by atoms with Crippen molar-refractivity contribution in [2.45, 2.75) is 30.8 Å². The minimum atomic E-state index is -0.00192. The maximum absolute atomic E-state index is 12.8. The van der Waals surface area contributed by atoms with Crippen LogP contribution in [0.2, 0.25) is 0 Å². The van der Waals surface area contributed by atoms with E-state index in [2.05, 4.69) is 11.1 Å². The summed E-state index contributed by atoms with van der Waals surface area (Å²) in [5, 5.41) is 10.2. The van der Waals surface area contributed by atoms with E-state index in [0.29, 0.717) is 16.7 Å². The predicted molar refractivity (Wildman–Crippen MR) is 97.1 cm³/mol. The summed E-state index contributed by atoms with van der Waals surface area (Å²) in [7, 11) is 0. The number of fused-ring (bicyclic) bond motifs is 1. The molecule has 0 fully saturated rings. The van der Waals surface area contributed by atoms with Gasteiger partial charge < -0.3 is 0 Å². The minimum Gasteiger partial charge on any atom is -0.285 e. The molecular formula is C19H17N3OS. The van der Waals surface area contributed by atoms with Gasteiger partial charge in [-0.2, -0.15) is 5.26 Å². The molecule has 1 aromatic heterocycles. The van der Waals surface area contributed by atoms with Crippen molar-refractivity contribution in [3.05, 3.63) is 70.0 Å². The van der Waals surface area contributed by atoms with E-state index in [1.165, 1.54) is 11.8 Å². The second-order valence-electron chi connectivity index (χ2n) is 5.78. The van der Waals surface area contributed by atoms with Crippen molar-refractivity contribution < 1.29 is 0 Å². The minimum absolute atomic E-state index is 0.00192. The third-order valence-corrected chi connectivity index (χ3v) is 4.77. The van der Waals surface area contributed by atoms with Crippen LogP contribution in [0.3, 0.4) is 0 Å². The van der Waals surface area contributed by atoms with Gasteiger partial charge >= 0.3 is 0 Å². The van der Waals surface area contributed by atoms with Crippen LogP contribution in [0.1, 0.15) is 31.0 Å². The molecular weight excluding hydrogens is 318 g/mol. The Morgan fingerprint density at radius 2 is 1.88 bits per heavy atom. The van der Waals surface area contributed by atoms with Crippen molar-refractivity contribution in [2.75, 3.05) is 0 Å². The predicted octanol–water partition coefficient (Wildman–Crippen LogP) is 4.14. The molecule has 5 heteroatoms. The Morgan fingerprint density at radius 1 is 1.17 bits per heavy atom. The number of thioether (sulfide) groups is 1. The molecule has 0 bridgehead atoms. The Labute approximate surface area is 144 Å². The first-order chi connectivity index (χ1) is 11.6.